The van der Waals surface area contributed by atoms with E-state index in [-0.39, 0.29) is 0 Å². The Hall–Kier alpha value is -1.49. The fourth-order valence-corrected chi connectivity index (χ4v) is 2.85. The van der Waals surface area contributed by atoms with E-state index < -0.39 is 0 Å². The Labute approximate surface area is 128 Å². The van der Waals surface area contributed by atoms with E-state index in [4.69, 9.17) is 10.5 Å². The van der Waals surface area contributed by atoms with Crippen LogP contribution in [0.3, 0.4) is 0 Å². The highest BCUT2D eigenvalue weighted by Crippen LogP contribution is 2.28. The standard InChI is InChI=1S/C15H20BrN3O/c1-4-12-14(16)13(19(5-2)18-12)9-20-15-10(3)7-6-8-11(15)17/h6-8H,4-5,9,17H2,1-3H3. The van der Waals surface area contributed by atoms with E-state index in [0.29, 0.717) is 12.3 Å². The molecule has 0 spiro atoms. The number of hydrogen-bond acceptors (Lipinski definition) is 3. The van der Waals surface area contributed by atoms with Crippen LogP contribution in [0.5, 0.6) is 5.75 Å². The zero-order valence-electron chi connectivity index (χ0n) is 12.1. The molecule has 0 saturated heterocycles. The molecule has 0 unspecified atom stereocenters. The number of hydrogen-bond donors (Lipinski definition) is 1. The molecular weight excluding hydrogens is 318 g/mol. The summed E-state index contributed by atoms with van der Waals surface area (Å²) in [4.78, 5) is 0. The van der Waals surface area contributed by atoms with Gasteiger partial charge in [-0.3, -0.25) is 4.68 Å². The molecule has 0 bridgehead atoms. The molecule has 0 aliphatic rings. The number of benzene rings is 1. The molecule has 2 aromatic rings. The third kappa shape index (κ3) is 2.82. The lowest BCUT2D eigenvalue weighted by atomic mass is 10.2. The van der Waals surface area contributed by atoms with Gasteiger partial charge in [-0.25, -0.2) is 0 Å². The Balaban J connectivity index is 2.25. The Morgan fingerprint density at radius 3 is 2.70 bits per heavy atom. The van der Waals surface area contributed by atoms with Gasteiger partial charge in [-0.05, 0) is 47.8 Å². The second-order valence-electron chi connectivity index (χ2n) is 4.66. The largest absolute Gasteiger partial charge is 0.485 e. The molecule has 108 valence electrons. The van der Waals surface area contributed by atoms with Crippen LogP contribution >= 0.6 is 15.9 Å². The van der Waals surface area contributed by atoms with E-state index in [1.54, 1.807) is 0 Å². The highest BCUT2D eigenvalue weighted by atomic mass is 79.9. The van der Waals surface area contributed by atoms with Gasteiger partial charge < -0.3 is 10.5 Å². The highest BCUT2D eigenvalue weighted by Gasteiger charge is 2.15. The maximum atomic E-state index is 5.97. The molecular formula is C15H20BrN3O. The first-order valence-electron chi connectivity index (χ1n) is 6.80. The average Bonchev–Trinajstić information content (AvgIpc) is 2.74. The van der Waals surface area contributed by atoms with E-state index in [0.717, 1.165) is 40.1 Å². The van der Waals surface area contributed by atoms with Crippen molar-refractivity contribution in [1.82, 2.24) is 9.78 Å². The molecule has 0 atom stereocenters. The van der Waals surface area contributed by atoms with E-state index in [9.17, 15) is 0 Å². The van der Waals surface area contributed by atoms with Crippen molar-refractivity contribution in [2.45, 2.75) is 40.3 Å². The quantitative estimate of drug-likeness (QED) is 0.846. The Morgan fingerprint density at radius 1 is 1.35 bits per heavy atom. The van der Waals surface area contributed by atoms with Crippen molar-refractivity contribution in [3.8, 4) is 5.75 Å². The van der Waals surface area contributed by atoms with Crippen molar-refractivity contribution in [2.75, 3.05) is 5.73 Å². The summed E-state index contributed by atoms with van der Waals surface area (Å²) in [5.41, 5.74) is 9.78. The van der Waals surface area contributed by atoms with E-state index in [1.165, 1.54) is 0 Å². The van der Waals surface area contributed by atoms with Gasteiger partial charge in [0.1, 0.15) is 12.4 Å². The zero-order valence-corrected chi connectivity index (χ0v) is 13.7. The van der Waals surface area contributed by atoms with Crippen LogP contribution in [-0.4, -0.2) is 9.78 Å². The molecule has 0 radical (unpaired) electrons. The van der Waals surface area contributed by atoms with Crippen molar-refractivity contribution in [3.05, 3.63) is 39.6 Å². The number of aryl methyl sites for hydroxylation is 3. The van der Waals surface area contributed by atoms with Crippen LogP contribution in [0.2, 0.25) is 0 Å². The van der Waals surface area contributed by atoms with Gasteiger partial charge in [0, 0.05) is 6.54 Å². The molecule has 2 N–H and O–H groups in total. The first kappa shape index (κ1) is 14.9. The fraction of sp³-hybridized carbons (Fsp3) is 0.400. The van der Waals surface area contributed by atoms with Gasteiger partial charge in [0.05, 0.1) is 21.5 Å². The van der Waals surface area contributed by atoms with E-state index >= 15 is 0 Å². The lowest BCUT2D eigenvalue weighted by Gasteiger charge is -2.12. The minimum absolute atomic E-state index is 0.455. The first-order valence-corrected chi connectivity index (χ1v) is 7.59. The van der Waals surface area contributed by atoms with Crippen LogP contribution in [0.25, 0.3) is 0 Å². The fourth-order valence-electron chi connectivity index (χ4n) is 2.17. The third-order valence-electron chi connectivity index (χ3n) is 3.29. The molecule has 5 heteroatoms. The van der Waals surface area contributed by atoms with Gasteiger partial charge in [0.25, 0.3) is 0 Å². The number of nitrogens with two attached hydrogens (primary N) is 1. The second-order valence-corrected chi connectivity index (χ2v) is 5.45. The van der Waals surface area contributed by atoms with Gasteiger partial charge >= 0.3 is 0 Å². The van der Waals surface area contributed by atoms with Gasteiger partial charge in [-0.1, -0.05) is 19.1 Å². The summed E-state index contributed by atoms with van der Waals surface area (Å²) in [6.07, 6.45) is 0.896. The maximum absolute atomic E-state index is 5.97. The molecule has 0 aliphatic carbocycles. The number of para-hydroxylation sites is 1. The van der Waals surface area contributed by atoms with Gasteiger partial charge in [-0.15, -0.1) is 0 Å². The van der Waals surface area contributed by atoms with Crippen molar-refractivity contribution in [3.63, 3.8) is 0 Å². The van der Waals surface area contributed by atoms with Crippen molar-refractivity contribution >= 4 is 21.6 Å². The summed E-state index contributed by atoms with van der Waals surface area (Å²) >= 11 is 3.62. The molecule has 1 aromatic carbocycles. The summed E-state index contributed by atoms with van der Waals surface area (Å²) in [5, 5.41) is 4.56. The molecule has 0 fully saturated rings. The van der Waals surface area contributed by atoms with Crippen LogP contribution in [-0.2, 0) is 19.6 Å². The van der Waals surface area contributed by atoms with Gasteiger partial charge in [-0.2, -0.15) is 5.10 Å². The monoisotopic (exact) mass is 337 g/mol. The molecule has 0 aliphatic heterocycles. The maximum Gasteiger partial charge on any atom is 0.145 e. The number of rotatable bonds is 5. The highest BCUT2D eigenvalue weighted by molar-refractivity contribution is 9.10. The van der Waals surface area contributed by atoms with Crippen molar-refractivity contribution < 1.29 is 4.74 Å². The first-order chi connectivity index (χ1) is 9.58. The Bertz CT molecular complexity index is 587. The molecule has 20 heavy (non-hydrogen) atoms. The lowest BCUT2D eigenvalue weighted by Crippen LogP contribution is -2.08. The van der Waals surface area contributed by atoms with Crippen LogP contribution in [0.4, 0.5) is 5.69 Å². The molecule has 2 rings (SSSR count). The van der Waals surface area contributed by atoms with Crippen LogP contribution in [0.1, 0.15) is 30.8 Å². The van der Waals surface area contributed by atoms with E-state index in [2.05, 4.69) is 34.9 Å². The summed E-state index contributed by atoms with van der Waals surface area (Å²) in [7, 11) is 0. The van der Waals surface area contributed by atoms with Crippen LogP contribution < -0.4 is 10.5 Å². The molecule has 0 amide bonds. The van der Waals surface area contributed by atoms with Crippen LogP contribution in [0, 0.1) is 6.92 Å². The average molecular weight is 338 g/mol. The molecule has 0 saturated carbocycles. The minimum atomic E-state index is 0.455. The minimum Gasteiger partial charge on any atom is -0.485 e. The number of aromatic nitrogens is 2. The summed E-state index contributed by atoms with van der Waals surface area (Å²) < 4.78 is 8.92. The number of nitrogen functional groups attached to an aromatic ring is 1. The molecule has 4 nitrogen and oxygen atoms in total. The number of ether oxygens (including phenoxy) is 1. The van der Waals surface area contributed by atoms with Crippen molar-refractivity contribution in [1.29, 1.82) is 0 Å². The van der Waals surface area contributed by atoms with Crippen LogP contribution in [0.15, 0.2) is 22.7 Å². The Kier molecular flexibility index (Phi) is 4.70. The summed E-state index contributed by atoms with van der Waals surface area (Å²) in [6, 6.07) is 5.78. The smallest absolute Gasteiger partial charge is 0.145 e. The number of anilines is 1. The van der Waals surface area contributed by atoms with Gasteiger partial charge in [0.2, 0.25) is 0 Å². The molecule has 1 aromatic heterocycles. The summed E-state index contributed by atoms with van der Waals surface area (Å²) in [5.74, 6) is 0.751. The Morgan fingerprint density at radius 2 is 2.10 bits per heavy atom. The SMILES string of the molecule is CCc1nn(CC)c(COc2c(C)cccc2N)c1Br. The predicted octanol–water partition coefficient (Wildman–Crippen LogP) is 3.70. The van der Waals surface area contributed by atoms with Crippen molar-refractivity contribution in [2.24, 2.45) is 0 Å². The lowest BCUT2D eigenvalue weighted by molar-refractivity contribution is 0.291. The number of nitrogens with zero attached hydrogens (tertiary/aromatic N) is 2. The normalized spacial score (nSPS) is 10.8. The second kappa shape index (κ2) is 6.31. The molecule has 1 heterocycles. The topological polar surface area (TPSA) is 53.1 Å². The van der Waals surface area contributed by atoms with E-state index in [1.807, 2.05) is 29.8 Å². The number of halogens is 1. The van der Waals surface area contributed by atoms with Gasteiger partial charge in [0.15, 0.2) is 0 Å². The zero-order chi connectivity index (χ0) is 14.7. The predicted molar refractivity (Wildman–Crippen MR) is 84.9 cm³/mol. The summed E-state index contributed by atoms with van der Waals surface area (Å²) in [6.45, 7) is 7.44. The third-order valence-corrected chi connectivity index (χ3v) is 4.21.